The molecule has 0 fully saturated rings. The summed E-state index contributed by atoms with van der Waals surface area (Å²) in [7, 11) is -4.52. The molecule has 0 N–H and O–H groups in total. The SMILES string of the molecule is COC(=O)C1=CC(OS(=O)(=O)C(F)(F)F)CC1. The number of hydrogen-bond acceptors (Lipinski definition) is 5. The van der Waals surface area contributed by atoms with E-state index in [4.69, 9.17) is 0 Å². The lowest BCUT2D eigenvalue weighted by Crippen LogP contribution is -2.28. The first kappa shape index (κ1) is 14.0. The average Bonchev–Trinajstić information content (AvgIpc) is 2.62. The molecule has 1 unspecified atom stereocenters. The lowest BCUT2D eigenvalue weighted by atomic mass is 10.2. The second kappa shape index (κ2) is 4.65. The summed E-state index contributed by atoms with van der Waals surface area (Å²) in [5.74, 6) is -0.708. The van der Waals surface area contributed by atoms with Crippen LogP contribution in [-0.4, -0.2) is 33.1 Å². The maximum Gasteiger partial charge on any atom is 0.523 e. The Bertz CT molecular complexity index is 437. The molecular weight excluding hydrogens is 265 g/mol. The van der Waals surface area contributed by atoms with Gasteiger partial charge in [-0.05, 0) is 18.9 Å². The summed E-state index contributed by atoms with van der Waals surface area (Å²) < 4.78 is 65.6. The number of alkyl halides is 3. The summed E-state index contributed by atoms with van der Waals surface area (Å²) in [5, 5.41) is 0. The first-order valence-electron chi connectivity index (χ1n) is 4.46. The molecule has 0 aromatic rings. The molecule has 1 atom stereocenters. The molecule has 0 aliphatic heterocycles. The highest BCUT2D eigenvalue weighted by molar-refractivity contribution is 7.87. The van der Waals surface area contributed by atoms with Crippen molar-refractivity contribution in [2.75, 3.05) is 7.11 Å². The molecule has 0 radical (unpaired) electrons. The van der Waals surface area contributed by atoms with Crippen molar-refractivity contribution in [1.82, 2.24) is 0 Å². The number of rotatable bonds is 3. The molecule has 0 amide bonds. The molecule has 0 aromatic heterocycles. The maximum atomic E-state index is 12.0. The van der Waals surface area contributed by atoms with Crippen molar-refractivity contribution in [3.8, 4) is 0 Å². The van der Waals surface area contributed by atoms with Gasteiger partial charge in [0.2, 0.25) is 0 Å². The summed E-state index contributed by atoms with van der Waals surface area (Å²) in [4.78, 5) is 11.0. The van der Waals surface area contributed by atoms with Gasteiger partial charge in [-0.15, -0.1) is 0 Å². The number of hydrogen-bond donors (Lipinski definition) is 0. The van der Waals surface area contributed by atoms with Gasteiger partial charge in [-0.3, -0.25) is 4.18 Å². The lowest BCUT2D eigenvalue weighted by Gasteiger charge is -2.11. The van der Waals surface area contributed by atoms with Crippen LogP contribution in [0, 0.1) is 0 Å². The van der Waals surface area contributed by atoms with E-state index in [9.17, 15) is 26.4 Å². The summed E-state index contributed by atoms with van der Waals surface area (Å²) in [5.41, 5.74) is -5.36. The fourth-order valence-electron chi connectivity index (χ4n) is 1.28. The van der Waals surface area contributed by atoms with E-state index < -0.39 is 27.7 Å². The second-order valence-corrected chi connectivity index (χ2v) is 4.82. The van der Waals surface area contributed by atoms with Crippen molar-refractivity contribution in [2.45, 2.75) is 24.5 Å². The van der Waals surface area contributed by atoms with Crippen LogP contribution in [-0.2, 0) is 23.8 Å². The van der Waals surface area contributed by atoms with E-state index in [2.05, 4.69) is 8.92 Å². The molecule has 0 bridgehead atoms. The molecule has 1 rings (SSSR count). The summed E-state index contributed by atoms with van der Waals surface area (Å²) >= 11 is 0. The van der Waals surface area contributed by atoms with E-state index >= 15 is 0 Å². The molecule has 1 aliphatic carbocycles. The first-order valence-corrected chi connectivity index (χ1v) is 5.87. The van der Waals surface area contributed by atoms with Crippen molar-refractivity contribution in [3.05, 3.63) is 11.6 Å². The van der Waals surface area contributed by atoms with Gasteiger partial charge in [-0.2, -0.15) is 21.6 Å². The van der Waals surface area contributed by atoms with E-state index in [-0.39, 0.29) is 18.4 Å². The number of carbonyl (C=O) groups is 1. The number of ether oxygens (including phenoxy) is 1. The number of methoxy groups -OCH3 is 1. The minimum absolute atomic E-state index is 0.0141. The van der Waals surface area contributed by atoms with Gasteiger partial charge in [-0.1, -0.05) is 0 Å². The predicted octanol–water partition coefficient (Wildman–Crippen LogP) is 1.11. The molecule has 98 valence electrons. The molecule has 0 spiro atoms. The predicted molar refractivity (Wildman–Crippen MR) is 49.2 cm³/mol. The largest absolute Gasteiger partial charge is 0.523 e. The Morgan fingerprint density at radius 3 is 2.53 bits per heavy atom. The Morgan fingerprint density at radius 1 is 1.47 bits per heavy atom. The molecule has 1 aliphatic rings. The molecule has 0 saturated heterocycles. The Labute approximate surface area is 95.3 Å². The van der Waals surface area contributed by atoms with E-state index in [1.54, 1.807) is 0 Å². The van der Waals surface area contributed by atoms with Gasteiger partial charge >= 0.3 is 21.6 Å². The molecular formula is C8H9F3O5S. The smallest absolute Gasteiger partial charge is 0.466 e. The molecule has 17 heavy (non-hydrogen) atoms. The van der Waals surface area contributed by atoms with Crippen LogP contribution in [0.2, 0.25) is 0 Å². The normalized spacial score (nSPS) is 21.2. The second-order valence-electron chi connectivity index (χ2n) is 3.26. The van der Waals surface area contributed by atoms with Gasteiger partial charge in [0.05, 0.1) is 13.2 Å². The van der Waals surface area contributed by atoms with Crippen LogP contribution in [0.5, 0.6) is 0 Å². The Balaban J connectivity index is 2.75. The van der Waals surface area contributed by atoms with Gasteiger partial charge in [-0.25, -0.2) is 4.79 Å². The highest BCUT2D eigenvalue weighted by Crippen LogP contribution is 2.30. The van der Waals surface area contributed by atoms with Gasteiger partial charge < -0.3 is 4.74 Å². The monoisotopic (exact) mass is 274 g/mol. The third kappa shape index (κ3) is 3.19. The number of carbonyl (C=O) groups excluding carboxylic acids is 1. The maximum absolute atomic E-state index is 12.0. The Hall–Kier alpha value is -1.09. The number of esters is 1. The summed E-state index contributed by atoms with van der Waals surface area (Å²) in [6, 6.07) is 0. The number of halogens is 3. The lowest BCUT2D eigenvalue weighted by molar-refractivity contribution is -0.136. The van der Waals surface area contributed by atoms with Gasteiger partial charge in [0, 0.05) is 5.57 Å². The fraction of sp³-hybridized carbons (Fsp3) is 0.625. The van der Waals surface area contributed by atoms with Crippen molar-refractivity contribution in [1.29, 1.82) is 0 Å². The van der Waals surface area contributed by atoms with E-state index in [0.29, 0.717) is 0 Å². The van der Waals surface area contributed by atoms with Gasteiger partial charge in [0.1, 0.15) is 0 Å². The summed E-state index contributed by atoms with van der Waals surface area (Å²) in [6.07, 6.45) is -0.157. The highest BCUT2D eigenvalue weighted by Gasteiger charge is 2.48. The van der Waals surface area contributed by atoms with Crippen LogP contribution in [0.3, 0.4) is 0 Å². The van der Waals surface area contributed by atoms with E-state index in [1.807, 2.05) is 0 Å². The van der Waals surface area contributed by atoms with Crippen LogP contribution in [0.15, 0.2) is 11.6 Å². The van der Waals surface area contributed by atoms with Crippen molar-refractivity contribution in [3.63, 3.8) is 0 Å². The van der Waals surface area contributed by atoms with Gasteiger partial charge in [0.15, 0.2) is 0 Å². The zero-order valence-electron chi connectivity index (χ0n) is 8.65. The van der Waals surface area contributed by atoms with E-state index in [0.717, 1.165) is 13.2 Å². The molecule has 0 saturated carbocycles. The zero-order valence-corrected chi connectivity index (χ0v) is 9.47. The average molecular weight is 274 g/mol. The highest BCUT2D eigenvalue weighted by atomic mass is 32.2. The molecule has 5 nitrogen and oxygen atoms in total. The standard InChI is InChI=1S/C8H9F3O5S/c1-15-7(12)5-2-3-6(4-5)16-17(13,14)8(9,10)11/h4,6H,2-3H2,1H3. The third-order valence-electron chi connectivity index (χ3n) is 2.07. The summed E-state index contributed by atoms with van der Waals surface area (Å²) in [6.45, 7) is 0. The fourth-order valence-corrected chi connectivity index (χ4v) is 1.87. The first-order chi connectivity index (χ1) is 7.67. The van der Waals surface area contributed by atoms with Crippen LogP contribution in [0.25, 0.3) is 0 Å². The Morgan fingerprint density at radius 2 is 2.06 bits per heavy atom. The zero-order chi connectivity index (χ0) is 13.3. The van der Waals surface area contributed by atoms with Crippen LogP contribution >= 0.6 is 0 Å². The van der Waals surface area contributed by atoms with Crippen molar-refractivity contribution >= 4 is 16.1 Å². The molecule has 0 aromatic carbocycles. The Kier molecular flexibility index (Phi) is 3.82. The molecule has 9 heteroatoms. The minimum Gasteiger partial charge on any atom is -0.466 e. The van der Waals surface area contributed by atoms with E-state index in [1.165, 1.54) is 0 Å². The van der Waals surface area contributed by atoms with Crippen LogP contribution in [0.1, 0.15) is 12.8 Å². The van der Waals surface area contributed by atoms with Crippen molar-refractivity contribution < 1.29 is 35.3 Å². The third-order valence-corrected chi connectivity index (χ3v) is 3.13. The van der Waals surface area contributed by atoms with Crippen LogP contribution < -0.4 is 0 Å². The van der Waals surface area contributed by atoms with Gasteiger partial charge in [0.25, 0.3) is 0 Å². The minimum atomic E-state index is -5.63. The van der Waals surface area contributed by atoms with Crippen LogP contribution in [0.4, 0.5) is 13.2 Å². The quantitative estimate of drug-likeness (QED) is 0.438. The topological polar surface area (TPSA) is 69.7 Å². The van der Waals surface area contributed by atoms with Crippen molar-refractivity contribution in [2.24, 2.45) is 0 Å². The molecule has 0 heterocycles.